The van der Waals surface area contributed by atoms with Crippen LogP contribution in [-0.2, 0) is 9.84 Å². The molecule has 9 heteroatoms. The van der Waals surface area contributed by atoms with Crippen LogP contribution in [0.25, 0.3) is 5.82 Å². The first kappa shape index (κ1) is 12.8. The molecule has 7 nitrogen and oxygen atoms in total. The van der Waals surface area contributed by atoms with Crippen LogP contribution in [0, 0.1) is 0 Å². The van der Waals surface area contributed by atoms with E-state index in [0.717, 1.165) is 10.7 Å². The zero-order chi connectivity index (χ0) is 13.3. The van der Waals surface area contributed by atoms with E-state index in [-0.39, 0.29) is 21.6 Å². The Morgan fingerprint density at radius 1 is 1.50 bits per heavy atom. The van der Waals surface area contributed by atoms with Gasteiger partial charge in [-0.2, -0.15) is 10.2 Å². The van der Waals surface area contributed by atoms with E-state index < -0.39 is 15.3 Å². The van der Waals surface area contributed by atoms with Gasteiger partial charge in [-0.3, -0.25) is 9.89 Å². The molecule has 0 bridgehead atoms. The van der Waals surface area contributed by atoms with Crippen LogP contribution >= 0.6 is 11.6 Å². The molecule has 0 saturated heterocycles. The Labute approximate surface area is 107 Å². The molecule has 0 saturated carbocycles. The lowest BCUT2D eigenvalue weighted by atomic mass is 10.5. The Bertz CT molecular complexity index is 734. The highest BCUT2D eigenvalue weighted by atomic mass is 35.5. The van der Waals surface area contributed by atoms with Crippen molar-refractivity contribution >= 4 is 21.4 Å². The third-order valence-electron chi connectivity index (χ3n) is 2.26. The first-order chi connectivity index (χ1) is 8.44. The lowest BCUT2D eigenvalue weighted by molar-refractivity contribution is 0.597. The third-order valence-corrected chi connectivity index (χ3v) is 4.14. The Morgan fingerprint density at radius 3 is 2.83 bits per heavy atom. The first-order valence-corrected chi connectivity index (χ1v) is 7.00. The van der Waals surface area contributed by atoms with Crippen molar-refractivity contribution in [1.82, 2.24) is 20.0 Å². The Hall–Kier alpha value is -1.67. The van der Waals surface area contributed by atoms with Gasteiger partial charge in [0.15, 0.2) is 9.84 Å². The SMILES string of the molecule is CCS(=O)(=O)c1cnn(-c2n[nH]c(Cl)cc2=O)c1. The maximum Gasteiger partial charge on any atom is 0.227 e. The minimum absolute atomic E-state index is 0.0386. The fourth-order valence-electron chi connectivity index (χ4n) is 1.29. The van der Waals surface area contributed by atoms with Gasteiger partial charge in [-0.05, 0) is 0 Å². The second kappa shape index (κ2) is 4.54. The Balaban J connectivity index is 2.51. The lowest BCUT2D eigenvalue weighted by Crippen LogP contribution is -2.14. The quantitative estimate of drug-likeness (QED) is 0.882. The van der Waals surface area contributed by atoms with E-state index in [1.54, 1.807) is 0 Å². The van der Waals surface area contributed by atoms with E-state index >= 15 is 0 Å². The van der Waals surface area contributed by atoms with Crippen LogP contribution in [0.3, 0.4) is 0 Å². The van der Waals surface area contributed by atoms with E-state index in [0.29, 0.717) is 0 Å². The first-order valence-electron chi connectivity index (χ1n) is 4.97. The van der Waals surface area contributed by atoms with Crippen LogP contribution in [0.5, 0.6) is 0 Å². The summed E-state index contributed by atoms with van der Waals surface area (Å²) in [5.41, 5.74) is -0.456. The fourth-order valence-corrected chi connectivity index (χ4v) is 2.23. The monoisotopic (exact) mass is 288 g/mol. The molecule has 0 aliphatic carbocycles. The molecule has 96 valence electrons. The summed E-state index contributed by atoms with van der Waals surface area (Å²) in [7, 11) is -3.36. The van der Waals surface area contributed by atoms with Crippen LogP contribution in [0.2, 0.25) is 5.15 Å². The zero-order valence-corrected chi connectivity index (χ0v) is 10.9. The minimum Gasteiger partial charge on any atom is -0.286 e. The molecule has 0 aliphatic heterocycles. The van der Waals surface area contributed by atoms with Gasteiger partial charge in [0.1, 0.15) is 10.0 Å². The highest BCUT2D eigenvalue weighted by molar-refractivity contribution is 7.91. The Kier molecular flexibility index (Phi) is 3.22. The molecule has 0 fully saturated rings. The van der Waals surface area contributed by atoms with Crippen molar-refractivity contribution in [1.29, 1.82) is 0 Å². The predicted molar refractivity (Wildman–Crippen MR) is 64.7 cm³/mol. The number of hydrogen-bond donors (Lipinski definition) is 1. The van der Waals surface area contributed by atoms with E-state index in [4.69, 9.17) is 11.6 Å². The average Bonchev–Trinajstić information content (AvgIpc) is 2.79. The van der Waals surface area contributed by atoms with Gasteiger partial charge in [-0.1, -0.05) is 18.5 Å². The van der Waals surface area contributed by atoms with Gasteiger partial charge in [-0.15, -0.1) is 0 Å². The average molecular weight is 289 g/mol. The highest BCUT2D eigenvalue weighted by Gasteiger charge is 2.16. The van der Waals surface area contributed by atoms with Crippen LogP contribution in [0.1, 0.15) is 6.92 Å². The molecule has 0 aromatic carbocycles. The lowest BCUT2D eigenvalue weighted by Gasteiger charge is -1.98. The molecule has 1 N–H and O–H groups in total. The number of sulfone groups is 1. The van der Waals surface area contributed by atoms with Crippen LogP contribution < -0.4 is 5.43 Å². The predicted octanol–water partition coefficient (Wildman–Crippen LogP) is 0.403. The molecule has 0 spiro atoms. The van der Waals surface area contributed by atoms with Crippen LogP contribution in [0.15, 0.2) is 28.2 Å². The largest absolute Gasteiger partial charge is 0.286 e. The molecule has 0 aliphatic rings. The van der Waals surface area contributed by atoms with Gasteiger partial charge in [-0.25, -0.2) is 13.1 Å². The number of rotatable bonds is 3. The molecule has 2 rings (SSSR count). The van der Waals surface area contributed by atoms with Crippen molar-refractivity contribution < 1.29 is 8.42 Å². The van der Waals surface area contributed by atoms with E-state index in [2.05, 4.69) is 15.3 Å². The van der Waals surface area contributed by atoms with E-state index in [1.807, 2.05) is 0 Å². The molecule has 0 amide bonds. The topological polar surface area (TPSA) is 97.7 Å². The number of aromatic amines is 1. The summed E-state index contributed by atoms with van der Waals surface area (Å²) >= 11 is 5.56. The van der Waals surface area contributed by atoms with Crippen molar-refractivity contribution in [2.24, 2.45) is 0 Å². The summed E-state index contributed by atoms with van der Waals surface area (Å²) in [5.74, 6) is -0.0831. The Morgan fingerprint density at radius 2 is 2.22 bits per heavy atom. The van der Waals surface area contributed by atoms with E-state index in [1.165, 1.54) is 19.3 Å². The zero-order valence-electron chi connectivity index (χ0n) is 9.29. The summed E-state index contributed by atoms with van der Waals surface area (Å²) in [6.07, 6.45) is 2.42. The van der Waals surface area contributed by atoms with Crippen molar-refractivity contribution in [3.63, 3.8) is 0 Å². The number of H-pyrrole nitrogens is 1. The van der Waals surface area contributed by atoms with Crippen molar-refractivity contribution in [3.05, 3.63) is 33.8 Å². The third kappa shape index (κ3) is 2.29. The number of aromatic nitrogens is 4. The molecule has 0 unspecified atom stereocenters. The van der Waals surface area contributed by atoms with Crippen molar-refractivity contribution in [2.45, 2.75) is 11.8 Å². The summed E-state index contributed by atoms with van der Waals surface area (Å²) in [6, 6.07) is 1.14. The van der Waals surface area contributed by atoms with Gasteiger partial charge in [0.25, 0.3) is 0 Å². The fraction of sp³-hybridized carbons (Fsp3) is 0.222. The smallest absolute Gasteiger partial charge is 0.227 e. The van der Waals surface area contributed by atoms with Crippen LogP contribution in [0.4, 0.5) is 0 Å². The second-order valence-corrected chi connectivity index (χ2v) is 6.11. The molecule has 2 aromatic rings. The molecule has 0 radical (unpaired) electrons. The standard InChI is InChI=1S/C9H9ClN4O3S/c1-2-18(16,17)6-4-11-14(5-6)9-7(15)3-8(10)12-13-9/h3-5H,2H2,1H3,(H,12,15). The number of nitrogens with one attached hydrogen (secondary N) is 1. The molecular formula is C9H9ClN4O3S. The number of halogens is 1. The van der Waals surface area contributed by atoms with Gasteiger partial charge in [0.2, 0.25) is 11.2 Å². The second-order valence-electron chi connectivity index (χ2n) is 3.43. The minimum atomic E-state index is -3.36. The van der Waals surface area contributed by atoms with Crippen molar-refractivity contribution in [2.75, 3.05) is 5.75 Å². The molecule has 18 heavy (non-hydrogen) atoms. The summed E-state index contributed by atoms with van der Waals surface area (Å²) in [4.78, 5) is 11.6. The summed E-state index contributed by atoms with van der Waals surface area (Å²) in [5, 5.41) is 10.0. The van der Waals surface area contributed by atoms with Gasteiger partial charge >= 0.3 is 0 Å². The maximum atomic E-state index is 11.6. The summed E-state index contributed by atoms with van der Waals surface area (Å²) in [6.45, 7) is 1.53. The van der Waals surface area contributed by atoms with Gasteiger partial charge < -0.3 is 0 Å². The van der Waals surface area contributed by atoms with Crippen molar-refractivity contribution in [3.8, 4) is 5.82 Å². The number of hydrogen-bond acceptors (Lipinski definition) is 5. The normalized spacial score (nSPS) is 11.7. The van der Waals surface area contributed by atoms with Crippen LogP contribution in [-0.4, -0.2) is 34.1 Å². The maximum absolute atomic E-state index is 11.6. The highest BCUT2D eigenvalue weighted by Crippen LogP contribution is 2.10. The molecule has 0 atom stereocenters. The number of nitrogens with zero attached hydrogens (tertiary/aromatic N) is 3. The molecule has 2 aromatic heterocycles. The summed E-state index contributed by atoms with van der Waals surface area (Å²) < 4.78 is 24.3. The molecule has 2 heterocycles. The van der Waals surface area contributed by atoms with Gasteiger partial charge in [0, 0.05) is 6.07 Å². The van der Waals surface area contributed by atoms with E-state index in [9.17, 15) is 13.2 Å². The van der Waals surface area contributed by atoms with Gasteiger partial charge in [0.05, 0.1) is 18.1 Å². The molecular weight excluding hydrogens is 280 g/mol.